The fourth-order valence-corrected chi connectivity index (χ4v) is 15.3. The third-order valence-electron chi connectivity index (χ3n) is 19.4. The second-order valence-corrected chi connectivity index (χ2v) is 24.9. The van der Waals surface area contributed by atoms with Crippen molar-refractivity contribution in [2.24, 2.45) is 0 Å². The van der Waals surface area contributed by atoms with Gasteiger partial charge in [-0.15, -0.1) is 0 Å². The summed E-state index contributed by atoms with van der Waals surface area (Å²) in [5, 5.41) is 7.50. The quantitative estimate of drug-likeness (QED) is 0.153. The van der Waals surface area contributed by atoms with Crippen LogP contribution in [0.15, 0.2) is 218 Å². The van der Waals surface area contributed by atoms with E-state index in [-0.39, 0.29) is 21.7 Å². The summed E-state index contributed by atoms with van der Waals surface area (Å²) in [6.07, 6.45) is 0. The fourth-order valence-electron chi connectivity index (χ4n) is 15.3. The Bertz CT molecular complexity index is 4260. The Morgan fingerprint density at radius 2 is 0.538 bits per heavy atom. The fraction of sp³-hybridized carbons (Fsp3) is 0.158. The lowest BCUT2D eigenvalue weighted by Crippen LogP contribution is -2.17. The number of nitrogens with zero attached hydrogens (tertiary/aromatic N) is 2. The molecule has 4 aliphatic rings. The number of fused-ring (bicyclic) bond motifs is 12. The maximum absolute atomic E-state index is 2.52. The largest absolute Gasteiger partial charge is 0.310 e. The molecule has 0 bridgehead atoms. The highest BCUT2D eigenvalue weighted by atomic mass is 15.2. The first-order chi connectivity index (χ1) is 37.7. The maximum Gasteiger partial charge on any atom is 0.0540 e. The summed E-state index contributed by atoms with van der Waals surface area (Å²) in [6, 6.07) is 83.4. The Morgan fingerprint density at radius 3 is 0.923 bits per heavy atom. The molecule has 4 aliphatic carbocycles. The van der Waals surface area contributed by atoms with Gasteiger partial charge in [-0.2, -0.15) is 0 Å². The molecule has 12 aromatic carbocycles. The van der Waals surface area contributed by atoms with Crippen molar-refractivity contribution in [1.82, 2.24) is 0 Å². The van der Waals surface area contributed by atoms with Crippen LogP contribution in [0, 0.1) is 0 Å². The molecule has 78 heavy (non-hydrogen) atoms. The normalized spacial score (nSPS) is 15.8. The summed E-state index contributed by atoms with van der Waals surface area (Å²) in [7, 11) is 0. The van der Waals surface area contributed by atoms with Crippen LogP contribution in [0.1, 0.15) is 99.9 Å². The molecule has 0 N–H and O–H groups in total. The molecule has 0 unspecified atom stereocenters. The Morgan fingerprint density at radius 1 is 0.231 bits per heavy atom. The van der Waals surface area contributed by atoms with Gasteiger partial charge < -0.3 is 9.80 Å². The SMILES string of the molecule is CC1(C)c2ccccc2-c2cc3c(cc21)-c1ccc(N(c2ccccc2)c2ccc4ccc5c(N(c6ccccc6)c6ccc7c(c6)C(C)(C)c6cc8c(cc6-7)C(C)(C)c6ccccc6-8)ccc6ccc2c4c65)cc1C3(C)C. The minimum atomic E-state index is -0.202. The van der Waals surface area contributed by atoms with Gasteiger partial charge in [0.1, 0.15) is 0 Å². The van der Waals surface area contributed by atoms with E-state index in [2.05, 4.69) is 284 Å². The molecule has 0 radical (unpaired) electrons. The number of hydrogen-bond donors (Lipinski definition) is 0. The zero-order valence-electron chi connectivity index (χ0n) is 45.7. The van der Waals surface area contributed by atoms with Crippen LogP contribution in [0.2, 0.25) is 0 Å². The number of para-hydroxylation sites is 2. The highest BCUT2D eigenvalue weighted by molar-refractivity contribution is 6.28. The summed E-state index contributed by atoms with van der Waals surface area (Å²) in [6.45, 7) is 19.2. The predicted molar refractivity (Wildman–Crippen MR) is 330 cm³/mol. The van der Waals surface area contributed by atoms with Gasteiger partial charge in [-0.25, -0.2) is 0 Å². The van der Waals surface area contributed by atoms with E-state index in [0.29, 0.717) is 0 Å². The molecule has 0 aliphatic heterocycles. The molecule has 0 fully saturated rings. The summed E-state index contributed by atoms with van der Waals surface area (Å²) >= 11 is 0. The minimum absolute atomic E-state index is 0.0630. The molecular formula is C76H60N2. The highest BCUT2D eigenvalue weighted by Gasteiger charge is 2.44. The van der Waals surface area contributed by atoms with Gasteiger partial charge >= 0.3 is 0 Å². The summed E-state index contributed by atoms with van der Waals surface area (Å²) < 4.78 is 0. The van der Waals surface area contributed by atoms with E-state index in [9.17, 15) is 0 Å². The molecule has 0 aromatic heterocycles. The topological polar surface area (TPSA) is 6.48 Å². The van der Waals surface area contributed by atoms with Crippen molar-refractivity contribution >= 4 is 66.4 Å². The van der Waals surface area contributed by atoms with Crippen LogP contribution in [-0.4, -0.2) is 0 Å². The van der Waals surface area contributed by atoms with Gasteiger partial charge in [-0.05, 0) is 195 Å². The standard InChI is InChI=1S/C76H60N2/c1-73(2)61-25-17-15-23-51(61)57-41-67-59(43-65(57)73)53-35-31-49(39-63(53)75(67,5)6)77(47-19-11-9-12-20-47)69-37-29-45-28-34-56-70(38-30-46-27-33-55(69)71(45)72(46)56)78(48-21-13-10-14-22-48)50-32-36-54-60-44-66-58(42-68(60)76(7,8)64(54)40-50)52-24-16-18-26-62(52)74(66,3)4/h9-44H,1-8H3. The second kappa shape index (κ2) is 15.5. The van der Waals surface area contributed by atoms with E-state index in [4.69, 9.17) is 0 Å². The first kappa shape index (κ1) is 45.5. The predicted octanol–water partition coefficient (Wildman–Crippen LogP) is 20.7. The van der Waals surface area contributed by atoms with Crippen molar-refractivity contribution < 1.29 is 0 Å². The van der Waals surface area contributed by atoms with E-state index < -0.39 is 0 Å². The molecule has 0 amide bonds. The van der Waals surface area contributed by atoms with Gasteiger partial charge in [-0.1, -0.05) is 189 Å². The number of hydrogen-bond acceptors (Lipinski definition) is 2. The average Bonchev–Trinajstić information content (AvgIpc) is 3.38. The molecule has 2 heteroatoms. The summed E-state index contributed by atoms with van der Waals surface area (Å²) in [5.41, 5.74) is 28.5. The number of anilines is 6. The first-order valence-electron chi connectivity index (χ1n) is 28.0. The Balaban J connectivity index is 0.843. The Hall–Kier alpha value is -8.72. The lowest BCUT2D eigenvalue weighted by Gasteiger charge is -2.31. The molecule has 374 valence electrons. The van der Waals surface area contributed by atoms with Gasteiger partial charge in [0.15, 0.2) is 0 Å². The van der Waals surface area contributed by atoms with Gasteiger partial charge in [0.25, 0.3) is 0 Å². The van der Waals surface area contributed by atoms with Crippen LogP contribution < -0.4 is 9.80 Å². The third kappa shape index (κ3) is 5.93. The van der Waals surface area contributed by atoms with E-state index in [1.54, 1.807) is 0 Å². The van der Waals surface area contributed by atoms with E-state index in [1.807, 2.05) is 0 Å². The van der Waals surface area contributed by atoms with Crippen molar-refractivity contribution in [1.29, 1.82) is 0 Å². The Labute approximate surface area is 458 Å². The van der Waals surface area contributed by atoms with Gasteiger partial charge in [0, 0.05) is 55.2 Å². The van der Waals surface area contributed by atoms with Gasteiger partial charge in [-0.3, -0.25) is 0 Å². The van der Waals surface area contributed by atoms with Crippen molar-refractivity contribution in [3.8, 4) is 44.5 Å². The second-order valence-electron chi connectivity index (χ2n) is 24.9. The molecule has 0 saturated carbocycles. The summed E-state index contributed by atoms with van der Waals surface area (Å²) in [4.78, 5) is 5.00. The van der Waals surface area contributed by atoms with Crippen LogP contribution in [0.4, 0.5) is 34.1 Å². The molecular weight excluding hydrogens is 941 g/mol. The van der Waals surface area contributed by atoms with Crippen molar-refractivity contribution in [2.45, 2.75) is 77.0 Å². The average molecular weight is 1000 g/mol. The molecule has 16 rings (SSSR count). The minimum Gasteiger partial charge on any atom is -0.310 e. The molecule has 0 saturated heterocycles. The molecule has 0 spiro atoms. The van der Waals surface area contributed by atoms with Gasteiger partial charge in [0.2, 0.25) is 0 Å². The monoisotopic (exact) mass is 1000 g/mol. The van der Waals surface area contributed by atoms with Crippen LogP contribution in [0.25, 0.3) is 76.8 Å². The summed E-state index contributed by atoms with van der Waals surface area (Å²) in [5.74, 6) is 0. The molecule has 0 heterocycles. The molecule has 0 atom stereocenters. The van der Waals surface area contributed by atoms with Crippen LogP contribution in [0.5, 0.6) is 0 Å². The maximum atomic E-state index is 2.52. The van der Waals surface area contributed by atoms with Crippen LogP contribution in [0.3, 0.4) is 0 Å². The highest BCUT2D eigenvalue weighted by Crippen LogP contribution is 2.60. The molecule has 12 aromatic rings. The van der Waals surface area contributed by atoms with Crippen molar-refractivity contribution in [3.05, 3.63) is 263 Å². The van der Waals surface area contributed by atoms with Crippen molar-refractivity contribution in [3.63, 3.8) is 0 Å². The third-order valence-corrected chi connectivity index (χ3v) is 19.4. The lowest BCUT2D eigenvalue weighted by molar-refractivity contribution is 0.652. The van der Waals surface area contributed by atoms with Crippen LogP contribution in [-0.2, 0) is 21.7 Å². The van der Waals surface area contributed by atoms with Crippen molar-refractivity contribution in [2.75, 3.05) is 9.80 Å². The number of benzene rings is 12. The number of rotatable bonds is 6. The zero-order valence-corrected chi connectivity index (χ0v) is 45.7. The van der Waals surface area contributed by atoms with E-state index in [1.165, 1.54) is 121 Å². The molecule has 2 nitrogen and oxygen atoms in total. The lowest BCUT2D eigenvalue weighted by atomic mass is 9.79. The smallest absolute Gasteiger partial charge is 0.0540 e. The Kier molecular flexibility index (Phi) is 9.03. The van der Waals surface area contributed by atoms with Gasteiger partial charge in [0.05, 0.1) is 11.4 Å². The van der Waals surface area contributed by atoms with E-state index in [0.717, 1.165) is 34.1 Å². The first-order valence-corrected chi connectivity index (χ1v) is 28.0. The zero-order chi connectivity index (χ0) is 52.8. The van der Waals surface area contributed by atoms with E-state index >= 15 is 0 Å². The van der Waals surface area contributed by atoms with Crippen LogP contribution >= 0.6 is 0 Å².